The minimum absolute atomic E-state index is 0.210. The van der Waals surface area contributed by atoms with E-state index in [0.717, 1.165) is 12.8 Å². The van der Waals surface area contributed by atoms with E-state index in [9.17, 15) is 9.59 Å². The number of ether oxygens (including phenoxy) is 6. The third-order valence-electron chi connectivity index (χ3n) is 3.99. The summed E-state index contributed by atoms with van der Waals surface area (Å²) in [6, 6.07) is 4.56. The molecule has 0 saturated carbocycles. The predicted molar refractivity (Wildman–Crippen MR) is 91.9 cm³/mol. The summed E-state index contributed by atoms with van der Waals surface area (Å²) in [6.07, 6.45) is 1.57. The van der Waals surface area contributed by atoms with Crippen LogP contribution in [0.25, 0.3) is 0 Å². The van der Waals surface area contributed by atoms with Crippen molar-refractivity contribution in [1.29, 1.82) is 0 Å². The fourth-order valence-electron chi connectivity index (χ4n) is 2.39. The Morgan fingerprint density at radius 1 is 0.963 bits per heavy atom. The highest BCUT2D eigenvalue weighted by Crippen LogP contribution is 2.33. The molecule has 0 bridgehead atoms. The van der Waals surface area contributed by atoms with E-state index in [-0.39, 0.29) is 13.2 Å². The van der Waals surface area contributed by atoms with Crippen molar-refractivity contribution < 1.29 is 38.0 Å². The lowest BCUT2D eigenvalue weighted by molar-refractivity contribution is -0.194. The molecular weight excluding hydrogens is 356 g/mol. The topological polar surface area (TPSA) is 96.1 Å². The van der Waals surface area contributed by atoms with Gasteiger partial charge in [-0.2, -0.15) is 0 Å². The average Bonchev–Trinajstić information content (AvgIpc) is 3.57. The van der Waals surface area contributed by atoms with Gasteiger partial charge in [-0.1, -0.05) is 13.8 Å². The lowest BCUT2D eigenvalue weighted by atomic mass is 10.1. The van der Waals surface area contributed by atoms with Gasteiger partial charge < -0.3 is 28.4 Å². The highest BCUT2D eigenvalue weighted by molar-refractivity contribution is 5.95. The predicted octanol–water partition coefficient (Wildman–Crippen LogP) is 2.53. The van der Waals surface area contributed by atoms with Crippen molar-refractivity contribution in [2.24, 2.45) is 0 Å². The first kappa shape index (κ1) is 19.8. The molecule has 0 aliphatic carbocycles. The van der Waals surface area contributed by atoms with E-state index >= 15 is 0 Å². The molecule has 8 nitrogen and oxygen atoms in total. The van der Waals surface area contributed by atoms with Crippen LogP contribution < -0.4 is 0 Å². The fraction of sp³-hybridized carbons (Fsp3) is 0.579. The zero-order chi connectivity index (χ0) is 19.5. The van der Waals surface area contributed by atoms with Crippen molar-refractivity contribution in [3.63, 3.8) is 0 Å². The van der Waals surface area contributed by atoms with Crippen molar-refractivity contribution >= 4 is 11.9 Å². The van der Waals surface area contributed by atoms with E-state index in [0.29, 0.717) is 29.9 Å². The van der Waals surface area contributed by atoms with Gasteiger partial charge in [0.1, 0.15) is 13.2 Å². The van der Waals surface area contributed by atoms with Crippen LogP contribution in [0.1, 0.15) is 53.0 Å². The minimum Gasteiger partial charge on any atom is -0.402 e. The van der Waals surface area contributed by atoms with E-state index in [1.165, 1.54) is 12.1 Å². The maximum absolute atomic E-state index is 12.4. The number of hydrogen-bond acceptors (Lipinski definition) is 8. The molecule has 2 atom stereocenters. The molecule has 0 N–H and O–H groups in total. The summed E-state index contributed by atoms with van der Waals surface area (Å²) < 4.78 is 31.6. The van der Waals surface area contributed by atoms with Crippen molar-refractivity contribution in [3.05, 3.63) is 34.9 Å². The molecule has 27 heavy (non-hydrogen) atoms. The fourth-order valence-corrected chi connectivity index (χ4v) is 2.39. The average molecular weight is 380 g/mol. The third kappa shape index (κ3) is 4.84. The molecule has 0 amide bonds. The third-order valence-corrected chi connectivity index (χ3v) is 3.99. The normalized spacial score (nSPS) is 25.7. The standard InChI is InChI=1S/C19H24O8/c1-4-8-22-18(11-24-18)26-16(20)14-6-7-15(13(3)10-14)17(21)27-19(12-25-19)23-9-5-2/h6-7,10H,4-5,8-9,11-12H2,1-3H3. The number of carbonyl (C=O) groups excluding carboxylic acids is 2. The Kier molecular flexibility index (Phi) is 5.81. The van der Waals surface area contributed by atoms with Crippen LogP contribution in [-0.4, -0.2) is 50.3 Å². The second-order valence-corrected chi connectivity index (χ2v) is 6.45. The van der Waals surface area contributed by atoms with E-state index in [4.69, 9.17) is 28.4 Å². The minimum atomic E-state index is -1.27. The molecule has 8 heteroatoms. The van der Waals surface area contributed by atoms with Gasteiger partial charge >= 0.3 is 23.9 Å². The van der Waals surface area contributed by atoms with Gasteiger partial charge in [-0.15, -0.1) is 0 Å². The van der Waals surface area contributed by atoms with Gasteiger partial charge in [-0.3, -0.25) is 0 Å². The molecular formula is C19H24O8. The van der Waals surface area contributed by atoms with Gasteiger partial charge in [0.25, 0.3) is 0 Å². The van der Waals surface area contributed by atoms with Gasteiger partial charge in [0, 0.05) is 0 Å². The molecule has 1 aromatic carbocycles. The van der Waals surface area contributed by atoms with Crippen molar-refractivity contribution in [2.75, 3.05) is 26.4 Å². The Morgan fingerprint density at radius 3 is 1.93 bits per heavy atom. The first-order chi connectivity index (χ1) is 12.9. The molecule has 0 aromatic heterocycles. The summed E-state index contributed by atoms with van der Waals surface area (Å²) in [6.45, 7) is 6.89. The van der Waals surface area contributed by atoms with Gasteiger partial charge in [-0.05, 0) is 43.5 Å². The number of esters is 2. The lowest BCUT2D eigenvalue weighted by Gasteiger charge is -2.15. The molecule has 2 fully saturated rings. The maximum Gasteiger partial charge on any atom is 0.354 e. The first-order valence-electron chi connectivity index (χ1n) is 9.06. The number of hydrogen-bond donors (Lipinski definition) is 0. The van der Waals surface area contributed by atoms with Crippen molar-refractivity contribution in [1.82, 2.24) is 0 Å². The van der Waals surface area contributed by atoms with Crippen LogP contribution >= 0.6 is 0 Å². The zero-order valence-corrected chi connectivity index (χ0v) is 15.7. The summed E-state index contributed by atoms with van der Waals surface area (Å²) in [5.74, 6) is -3.71. The molecule has 1 aromatic rings. The van der Waals surface area contributed by atoms with Crippen LogP contribution in [-0.2, 0) is 28.4 Å². The number of aryl methyl sites for hydroxylation is 1. The number of carbonyl (C=O) groups is 2. The Bertz CT molecular complexity index is 706. The zero-order valence-electron chi connectivity index (χ0n) is 15.7. The lowest BCUT2D eigenvalue weighted by Crippen LogP contribution is -2.26. The van der Waals surface area contributed by atoms with Crippen LogP contribution in [0.5, 0.6) is 0 Å². The van der Waals surface area contributed by atoms with E-state index in [1.807, 2.05) is 13.8 Å². The monoisotopic (exact) mass is 380 g/mol. The molecule has 2 unspecified atom stereocenters. The maximum atomic E-state index is 12.4. The van der Waals surface area contributed by atoms with Crippen LogP contribution in [0.2, 0.25) is 0 Å². The van der Waals surface area contributed by atoms with Crippen LogP contribution in [0.4, 0.5) is 0 Å². The van der Waals surface area contributed by atoms with E-state index in [1.54, 1.807) is 13.0 Å². The van der Waals surface area contributed by atoms with Gasteiger partial charge in [0.2, 0.25) is 0 Å². The Hall–Kier alpha value is -2.00. The molecule has 2 saturated heterocycles. The Labute approximate surface area is 157 Å². The van der Waals surface area contributed by atoms with Crippen LogP contribution in [0, 0.1) is 6.92 Å². The molecule has 3 rings (SSSR count). The number of rotatable bonds is 10. The van der Waals surface area contributed by atoms with E-state index < -0.39 is 23.9 Å². The molecule has 2 aliphatic heterocycles. The quantitative estimate of drug-likeness (QED) is 0.347. The SMILES string of the molecule is CCCOC1(OC(=O)c2ccc(C(=O)OC3(OCCC)CO3)c(C)c2)CO1. The second-order valence-electron chi connectivity index (χ2n) is 6.45. The molecule has 148 valence electrons. The van der Waals surface area contributed by atoms with Gasteiger partial charge in [0.15, 0.2) is 0 Å². The largest absolute Gasteiger partial charge is 0.402 e. The number of benzene rings is 1. The second kappa shape index (κ2) is 7.93. The summed E-state index contributed by atoms with van der Waals surface area (Å²) in [7, 11) is 0. The van der Waals surface area contributed by atoms with Crippen molar-refractivity contribution in [3.8, 4) is 0 Å². The van der Waals surface area contributed by atoms with Crippen LogP contribution in [0.3, 0.4) is 0 Å². The highest BCUT2D eigenvalue weighted by Gasteiger charge is 2.52. The van der Waals surface area contributed by atoms with Gasteiger partial charge in [-0.25, -0.2) is 9.59 Å². The molecule has 2 aliphatic rings. The molecule has 0 radical (unpaired) electrons. The van der Waals surface area contributed by atoms with Crippen LogP contribution in [0.15, 0.2) is 18.2 Å². The summed E-state index contributed by atoms with van der Waals surface area (Å²) in [5.41, 5.74) is 1.18. The summed E-state index contributed by atoms with van der Waals surface area (Å²) >= 11 is 0. The number of epoxide rings is 2. The van der Waals surface area contributed by atoms with Crippen molar-refractivity contribution in [2.45, 2.75) is 45.6 Å². The summed E-state index contributed by atoms with van der Waals surface area (Å²) in [5, 5.41) is 0. The Balaban J connectivity index is 1.62. The van der Waals surface area contributed by atoms with E-state index in [2.05, 4.69) is 0 Å². The first-order valence-corrected chi connectivity index (χ1v) is 9.06. The molecule has 2 heterocycles. The van der Waals surface area contributed by atoms with Gasteiger partial charge in [0.05, 0.1) is 24.3 Å². The molecule has 0 spiro atoms. The Morgan fingerprint density at radius 2 is 1.48 bits per heavy atom. The summed E-state index contributed by atoms with van der Waals surface area (Å²) in [4.78, 5) is 24.7. The smallest absolute Gasteiger partial charge is 0.354 e. The highest BCUT2D eigenvalue weighted by atomic mass is 17.0.